The number of aliphatic hydroxyl groups excluding tert-OH is 1. The lowest BCUT2D eigenvalue weighted by atomic mass is 9.76. The number of likely N-dealkylation sites (tertiary alicyclic amines) is 1. The first-order valence-electron chi connectivity index (χ1n) is 12.7. The van der Waals surface area contributed by atoms with Gasteiger partial charge in [0.1, 0.15) is 12.0 Å². The Morgan fingerprint density at radius 3 is 2.65 bits per heavy atom. The summed E-state index contributed by atoms with van der Waals surface area (Å²) in [5.74, 6) is 0.209. The van der Waals surface area contributed by atoms with Crippen molar-refractivity contribution in [2.45, 2.75) is 62.2 Å². The fraction of sp³-hybridized carbons (Fsp3) is 0.519. The number of hydrogen-bond acceptors (Lipinski definition) is 6. The minimum absolute atomic E-state index is 0.0510. The number of carbonyl (C=O) groups is 1. The van der Waals surface area contributed by atoms with Crippen LogP contribution >= 0.6 is 0 Å². The lowest BCUT2D eigenvalue weighted by molar-refractivity contribution is -0.137. The molecule has 200 valence electrons. The SMILES string of the molecule is O=C(NCC(O)NC1CN(C2CCC(O)(c3ccc4c(c3)OCC4)CC2)C1)c1cccc(C(F)(F)F)c1. The number of benzene rings is 2. The van der Waals surface area contributed by atoms with Gasteiger partial charge in [0.15, 0.2) is 0 Å². The smallest absolute Gasteiger partial charge is 0.416 e. The van der Waals surface area contributed by atoms with Crippen LogP contribution in [0.25, 0.3) is 0 Å². The third-order valence-electron chi connectivity index (χ3n) is 7.78. The predicted molar refractivity (Wildman–Crippen MR) is 130 cm³/mol. The Hall–Kier alpha value is -2.66. The summed E-state index contributed by atoms with van der Waals surface area (Å²) in [6.45, 7) is 2.07. The van der Waals surface area contributed by atoms with Crippen LogP contribution in [-0.4, -0.2) is 65.6 Å². The summed E-state index contributed by atoms with van der Waals surface area (Å²) in [6, 6.07) is 10.7. The molecule has 2 heterocycles. The highest BCUT2D eigenvalue weighted by molar-refractivity contribution is 5.94. The quantitative estimate of drug-likeness (QED) is 0.421. The van der Waals surface area contributed by atoms with Crippen molar-refractivity contribution in [1.29, 1.82) is 0 Å². The predicted octanol–water partition coefficient (Wildman–Crippen LogP) is 2.79. The number of rotatable bonds is 7. The number of aliphatic hydroxyl groups is 2. The van der Waals surface area contributed by atoms with E-state index in [4.69, 9.17) is 4.74 Å². The van der Waals surface area contributed by atoms with Gasteiger partial charge in [-0.25, -0.2) is 0 Å². The topological polar surface area (TPSA) is 94.1 Å². The number of nitrogens with one attached hydrogen (secondary N) is 2. The lowest BCUT2D eigenvalue weighted by Crippen LogP contribution is -2.64. The Morgan fingerprint density at radius 1 is 1.16 bits per heavy atom. The summed E-state index contributed by atoms with van der Waals surface area (Å²) in [5, 5.41) is 27.0. The van der Waals surface area contributed by atoms with E-state index in [1.54, 1.807) is 0 Å². The van der Waals surface area contributed by atoms with Gasteiger partial charge in [-0.05, 0) is 61.1 Å². The van der Waals surface area contributed by atoms with Gasteiger partial charge in [0.2, 0.25) is 0 Å². The molecule has 2 aromatic rings. The molecule has 7 nitrogen and oxygen atoms in total. The third kappa shape index (κ3) is 5.77. The average Bonchev–Trinajstić information content (AvgIpc) is 3.33. The van der Waals surface area contributed by atoms with Gasteiger partial charge in [0.05, 0.1) is 24.3 Å². The number of hydrogen-bond donors (Lipinski definition) is 4. The summed E-state index contributed by atoms with van der Waals surface area (Å²) < 4.78 is 44.2. The molecule has 0 bridgehead atoms. The van der Waals surface area contributed by atoms with Crippen molar-refractivity contribution in [3.63, 3.8) is 0 Å². The number of halogens is 3. The Bertz CT molecular complexity index is 1130. The van der Waals surface area contributed by atoms with Crippen LogP contribution in [0.1, 0.15) is 52.7 Å². The van der Waals surface area contributed by atoms with Gasteiger partial charge in [-0.15, -0.1) is 0 Å². The molecule has 3 aliphatic rings. The number of amides is 1. The molecule has 2 aromatic carbocycles. The van der Waals surface area contributed by atoms with E-state index < -0.39 is 29.5 Å². The molecule has 1 unspecified atom stereocenters. The lowest BCUT2D eigenvalue weighted by Gasteiger charge is -2.48. The zero-order chi connectivity index (χ0) is 26.2. The second-order valence-corrected chi connectivity index (χ2v) is 10.3. The fourth-order valence-electron chi connectivity index (χ4n) is 5.57. The van der Waals surface area contributed by atoms with Gasteiger partial charge in [-0.3, -0.25) is 15.0 Å². The van der Waals surface area contributed by atoms with Crippen molar-refractivity contribution in [2.75, 3.05) is 26.2 Å². The van der Waals surface area contributed by atoms with Crippen LogP contribution in [0.5, 0.6) is 5.75 Å². The Labute approximate surface area is 213 Å². The maximum Gasteiger partial charge on any atom is 0.416 e. The van der Waals surface area contributed by atoms with Gasteiger partial charge in [0.25, 0.3) is 5.91 Å². The second kappa shape index (κ2) is 10.2. The van der Waals surface area contributed by atoms with Gasteiger partial charge < -0.3 is 20.3 Å². The molecule has 2 fully saturated rings. The zero-order valence-electron chi connectivity index (χ0n) is 20.4. The molecule has 1 atom stereocenters. The number of nitrogens with zero attached hydrogens (tertiary/aromatic N) is 1. The van der Waals surface area contributed by atoms with Gasteiger partial charge >= 0.3 is 6.18 Å². The van der Waals surface area contributed by atoms with Gasteiger partial charge in [0, 0.05) is 37.2 Å². The molecular weight excluding hydrogens is 487 g/mol. The van der Waals surface area contributed by atoms with E-state index in [0.717, 1.165) is 55.8 Å². The molecule has 5 rings (SSSR count). The molecule has 0 radical (unpaired) electrons. The Morgan fingerprint density at radius 2 is 1.92 bits per heavy atom. The summed E-state index contributed by atoms with van der Waals surface area (Å²) in [5.41, 5.74) is 0.272. The van der Waals surface area contributed by atoms with Crippen LogP contribution in [0.15, 0.2) is 42.5 Å². The monoisotopic (exact) mass is 519 g/mol. The normalized spacial score (nSPS) is 25.2. The van der Waals surface area contributed by atoms with E-state index >= 15 is 0 Å². The number of carbonyl (C=O) groups excluding carboxylic acids is 1. The highest BCUT2D eigenvalue weighted by Gasteiger charge is 2.40. The van der Waals surface area contributed by atoms with Gasteiger partial charge in [-0.1, -0.05) is 18.2 Å². The van der Waals surface area contributed by atoms with Crippen molar-refractivity contribution in [3.05, 3.63) is 64.7 Å². The second-order valence-electron chi connectivity index (χ2n) is 10.3. The molecule has 0 aromatic heterocycles. The highest BCUT2D eigenvalue weighted by atomic mass is 19.4. The Balaban J connectivity index is 1.03. The van der Waals surface area contributed by atoms with Crippen LogP contribution in [0, 0.1) is 0 Å². The van der Waals surface area contributed by atoms with Crippen molar-refractivity contribution in [2.24, 2.45) is 0 Å². The van der Waals surface area contributed by atoms with E-state index in [1.807, 2.05) is 12.1 Å². The minimum Gasteiger partial charge on any atom is -0.493 e. The molecule has 37 heavy (non-hydrogen) atoms. The van der Waals surface area contributed by atoms with Crippen LogP contribution in [0.2, 0.25) is 0 Å². The molecule has 2 aliphatic heterocycles. The zero-order valence-corrected chi connectivity index (χ0v) is 20.4. The molecule has 1 aliphatic carbocycles. The first-order chi connectivity index (χ1) is 17.6. The van der Waals surface area contributed by atoms with Crippen LogP contribution in [0.4, 0.5) is 13.2 Å². The number of ether oxygens (including phenoxy) is 1. The maximum absolute atomic E-state index is 12.9. The van der Waals surface area contributed by atoms with Crippen molar-refractivity contribution >= 4 is 5.91 Å². The first kappa shape index (κ1) is 26.0. The van der Waals surface area contributed by atoms with Crippen LogP contribution in [0.3, 0.4) is 0 Å². The minimum atomic E-state index is -4.53. The average molecular weight is 520 g/mol. The highest BCUT2D eigenvalue weighted by Crippen LogP contribution is 2.41. The first-order valence-corrected chi connectivity index (χ1v) is 12.7. The standard InChI is InChI=1S/C27H32F3N3O4/c28-27(29,30)20-3-1-2-18(12-20)25(35)31-14-24(34)32-21-15-33(16-21)22-6-9-26(36,10-7-22)19-5-4-17-8-11-37-23(17)13-19/h1-5,12-13,21-22,24,32,34,36H,6-11,14-16H2,(H,31,35). The van der Waals surface area contributed by atoms with Crippen molar-refractivity contribution in [1.82, 2.24) is 15.5 Å². The van der Waals surface area contributed by atoms with Crippen LogP contribution in [-0.2, 0) is 18.2 Å². The van der Waals surface area contributed by atoms with Crippen LogP contribution < -0.4 is 15.4 Å². The maximum atomic E-state index is 12.9. The van der Waals surface area contributed by atoms with E-state index in [2.05, 4.69) is 21.6 Å². The molecule has 10 heteroatoms. The third-order valence-corrected chi connectivity index (χ3v) is 7.78. The summed E-state index contributed by atoms with van der Waals surface area (Å²) in [6.07, 6.45) is -1.53. The van der Waals surface area contributed by atoms with Gasteiger partial charge in [-0.2, -0.15) is 13.2 Å². The summed E-state index contributed by atoms with van der Waals surface area (Å²) >= 11 is 0. The van der Waals surface area contributed by atoms with Crippen molar-refractivity contribution in [3.8, 4) is 5.75 Å². The molecular formula is C27H32F3N3O4. The van der Waals surface area contributed by atoms with E-state index in [0.29, 0.717) is 25.5 Å². The van der Waals surface area contributed by atoms with E-state index in [1.165, 1.54) is 17.7 Å². The Kier molecular flexibility index (Phi) is 7.19. The van der Waals surface area contributed by atoms with Crippen molar-refractivity contribution < 1.29 is 32.9 Å². The van der Waals surface area contributed by atoms with E-state index in [-0.39, 0.29) is 18.2 Å². The number of alkyl halides is 3. The molecule has 0 spiro atoms. The fourth-order valence-corrected chi connectivity index (χ4v) is 5.57. The molecule has 1 saturated carbocycles. The molecule has 1 saturated heterocycles. The number of fused-ring (bicyclic) bond motifs is 1. The summed E-state index contributed by atoms with van der Waals surface area (Å²) in [4.78, 5) is 14.5. The molecule has 1 amide bonds. The summed E-state index contributed by atoms with van der Waals surface area (Å²) in [7, 11) is 0. The van der Waals surface area contributed by atoms with E-state index in [9.17, 15) is 28.2 Å². The molecule has 4 N–H and O–H groups in total. The largest absolute Gasteiger partial charge is 0.493 e.